The average molecular weight is 284 g/mol. The third kappa shape index (κ3) is 5.00. The van der Waals surface area contributed by atoms with Crippen LogP contribution >= 0.6 is 0 Å². The Morgan fingerprint density at radius 3 is 2.05 bits per heavy atom. The fourth-order valence-electron chi connectivity index (χ4n) is 2.73. The van der Waals surface area contributed by atoms with E-state index in [0.717, 1.165) is 31.2 Å². The molecule has 0 aliphatic carbocycles. The minimum absolute atomic E-state index is 0.180. The van der Waals surface area contributed by atoms with Gasteiger partial charge in [0.2, 0.25) is 0 Å². The molecule has 112 valence electrons. The second-order valence-corrected chi connectivity index (χ2v) is 5.51. The zero-order valence-corrected chi connectivity index (χ0v) is 12.4. The fraction of sp³-hybridized carbons (Fsp3) is 0.368. The van der Waals surface area contributed by atoms with Gasteiger partial charge in [0.15, 0.2) is 0 Å². The molecular weight excluding hydrogens is 260 g/mol. The SMILES string of the molecule is OCCC[C@H](CCc1ccccc1)[C@H](O)c1ccccc1. The lowest BCUT2D eigenvalue weighted by Crippen LogP contribution is -2.14. The number of aliphatic hydroxyl groups excluding tert-OH is 2. The van der Waals surface area contributed by atoms with E-state index >= 15 is 0 Å². The molecule has 0 saturated heterocycles. The minimum Gasteiger partial charge on any atom is -0.396 e. The van der Waals surface area contributed by atoms with E-state index in [4.69, 9.17) is 5.11 Å². The quantitative estimate of drug-likeness (QED) is 0.775. The summed E-state index contributed by atoms with van der Waals surface area (Å²) in [4.78, 5) is 0. The molecule has 0 spiro atoms. The van der Waals surface area contributed by atoms with Gasteiger partial charge in [-0.15, -0.1) is 0 Å². The highest BCUT2D eigenvalue weighted by molar-refractivity contribution is 5.19. The van der Waals surface area contributed by atoms with Gasteiger partial charge in [0.05, 0.1) is 6.10 Å². The molecule has 0 aromatic heterocycles. The maximum absolute atomic E-state index is 10.6. The Balaban J connectivity index is 2.00. The lowest BCUT2D eigenvalue weighted by atomic mass is 9.87. The van der Waals surface area contributed by atoms with Crippen LogP contribution in [0.15, 0.2) is 60.7 Å². The Morgan fingerprint density at radius 2 is 1.43 bits per heavy atom. The van der Waals surface area contributed by atoms with Crippen molar-refractivity contribution in [3.8, 4) is 0 Å². The smallest absolute Gasteiger partial charge is 0.0818 e. The molecule has 2 N–H and O–H groups in total. The summed E-state index contributed by atoms with van der Waals surface area (Å²) in [5.41, 5.74) is 2.26. The number of hydrogen-bond donors (Lipinski definition) is 2. The van der Waals surface area contributed by atoms with Crippen molar-refractivity contribution < 1.29 is 10.2 Å². The minimum atomic E-state index is -0.457. The average Bonchev–Trinajstić information content (AvgIpc) is 2.56. The normalized spacial score (nSPS) is 13.8. The summed E-state index contributed by atoms with van der Waals surface area (Å²) in [6.07, 6.45) is 3.02. The lowest BCUT2D eigenvalue weighted by Gasteiger charge is -2.23. The van der Waals surface area contributed by atoms with Crippen molar-refractivity contribution in [3.05, 3.63) is 71.8 Å². The number of rotatable bonds is 8. The predicted octanol–water partition coefficient (Wildman–Crippen LogP) is 3.74. The monoisotopic (exact) mass is 284 g/mol. The third-order valence-electron chi connectivity index (χ3n) is 3.97. The molecule has 0 radical (unpaired) electrons. The van der Waals surface area contributed by atoms with E-state index < -0.39 is 6.10 Å². The van der Waals surface area contributed by atoms with Gasteiger partial charge < -0.3 is 10.2 Å². The first kappa shape index (κ1) is 15.7. The van der Waals surface area contributed by atoms with E-state index in [1.54, 1.807) is 0 Å². The van der Waals surface area contributed by atoms with Crippen LogP contribution in [-0.4, -0.2) is 16.8 Å². The Hall–Kier alpha value is -1.64. The maximum atomic E-state index is 10.6. The Kier molecular flexibility index (Phi) is 6.45. The van der Waals surface area contributed by atoms with Crippen molar-refractivity contribution in [1.82, 2.24) is 0 Å². The van der Waals surface area contributed by atoms with E-state index in [-0.39, 0.29) is 12.5 Å². The van der Waals surface area contributed by atoms with Crippen molar-refractivity contribution in [2.24, 2.45) is 5.92 Å². The maximum Gasteiger partial charge on any atom is 0.0818 e. The van der Waals surface area contributed by atoms with Crippen LogP contribution in [0, 0.1) is 5.92 Å². The number of hydrogen-bond acceptors (Lipinski definition) is 2. The number of benzene rings is 2. The van der Waals surface area contributed by atoms with Gasteiger partial charge in [-0.1, -0.05) is 60.7 Å². The topological polar surface area (TPSA) is 40.5 Å². The Bertz CT molecular complexity index is 495. The first-order valence-corrected chi connectivity index (χ1v) is 7.69. The van der Waals surface area contributed by atoms with Crippen molar-refractivity contribution >= 4 is 0 Å². The molecule has 2 aromatic rings. The van der Waals surface area contributed by atoms with Crippen molar-refractivity contribution in [2.45, 2.75) is 31.8 Å². The molecule has 2 nitrogen and oxygen atoms in total. The van der Waals surface area contributed by atoms with Crippen LogP contribution < -0.4 is 0 Å². The van der Waals surface area contributed by atoms with Crippen LogP contribution in [0.25, 0.3) is 0 Å². The largest absolute Gasteiger partial charge is 0.396 e. The second-order valence-electron chi connectivity index (χ2n) is 5.51. The van der Waals surface area contributed by atoms with E-state index in [2.05, 4.69) is 12.1 Å². The van der Waals surface area contributed by atoms with Crippen molar-refractivity contribution in [1.29, 1.82) is 0 Å². The van der Waals surface area contributed by atoms with E-state index in [1.165, 1.54) is 5.56 Å². The third-order valence-corrected chi connectivity index (χ3v) is 3.97. The highest BCUT2D eigenvalue weighted by Gasteiger charge is 2.20. The molecule has 21 heavy (non-hydrogen) atoms. The van der Waals surface area contributed by atoms with Gasteiger partial charge in [-0.25, -0.2) is 0 Å². The van der Waals surface area contributed by atoms with Gasteiger partial charge in [-0.2, -0.15) is 0 Å². The zero-order chi connectivity index (χ0) is 14.9. The summed E-state index contributed by atoms with van der Waals surface area (Å²) < 4.78 is 0. The summed E-state index contributed by atoms with van der Waals surface area (Å²) in [5.74, 6) is 0.180. The van der Waals surface area contributed by atoms with E-state index in [9.17, 15) is 5.11 Å². The molecule has 2 rings (SSSR count). The molecule has 0 heterocycles. The van der Waals surface area contributed by atoms with E-state index in [0.29, 0.717) is 0 Å². The zero-order valence-electron chi connectivity index (χ0n) is 12.4. The molecule has 0 bridgehead atoms. The van der Waals surface area contributed by atoms with Crippen molar-refractivity contribution in [3.63, 3.8) is 0 Å². The number of aryl methyl sites for hydroxylation is 1. The van der Waals surface area contributed by atoms with Crippen LogP contribution in [0.4, 0.5) is 0 Å². The molecule has 0 amide bonds. The molecule has 0 aliphatic heterocycles. The standard InChI is InChI=1S/C19H24O2/c20-15-7-12-18(14-13-16-8-3-1-4-9-16)19(21)17-10-5-2-6-11-17/h1-6,8-11,18-21H,7,12-15H2/t18-,19-/m1/s1. The molecular formula is C19H24O2. The van der Waals surface area contributed by atoms with Gasteiger partial charge >= 0.3 is 0 Å². The van der Waals surface area contributed by atoms with Crippen LogP contribution in [-0.2, 0) is 6.42 Å². The van der Waals surface area contributed by atoms with Crippen LogP contribution in [0.2, 0.25) is 0 Å². The van der Waals surface area contributed by atoms with Gasteiger partial charge in [-0.3, -0.25) is 0 Å². The van der Waals surface area contributed by atoms with Gasteiger partial charge in [0.1, 0.15) is 0 Å². The summed E-state index contributed by atoms with van der Waals surface area (Å²) in [6.45, 7) is 0.184. The summed E-state index contributed by atoms with van der Waals surface area (Å²) in [7, 11) is 0. The molecule has 0 fully saturated rings. The lowest BCUT2D eigenvalue weighted by molar-refractivity contribution is 0.0924. The summed E-state index contributed by atoms with van der Waals surface area (Å²) in [6, 6.07) is 20.2. The summed E-state index contributed by atoms with van der Waals surface area (Å²) >= 11 is 0. The highest BCUT2D eigenvalue weighted by Crippen LogP contribution is 2.29. The molecule has 2 heteroatoms. The van der Waals surface area contributed by atoms with E-state index in [1.807, 2.05) is 48.5 Å². The van der Waals surface area contributed by atoms with Gasteiger partial charge in [0, 0.05) is 6.61 Å². The fourth-order valence-corrected chi connectivity index (χ4v) is 2.73. The molecule has 0 saturated carbocycles. The predicted molar refractivity (Wildman–Crippen MR) is 86.0 cm³/mol. The molecule has 2 aromatic carbocycles. The van der Waals surface area contributed by atoms with Crippen LogP contribution in [0.1, 0.15) is 36.5 Å². The highest BCUT2D eigenvalue weighted by atomic mass is 16.3. The molecule has 2 atom stereocenters. The Morgan fingerprint density at radius 1 is 0.810 bits per heavy atom. The van der Waals surface area contributed by atoms with Crippen molar-refractivity contribution in [2.75, 3.05) is 6.61 Å². The van der Waals surface area contributed by atoms with Gasteiger partial charge in [0.25, 0.3) is 0 Å². The molecule has 0 aliphatic rings. The first-order valence-electron chi connectivity index (χ1n) is 7.69. The van der Waals surface area contributed by atoms with Crippen LogP contribution in [0.3, 0.4) is 0 Å². The van der Waals surface area contributed by atoms with Gasteiger partial charge in [-0.05, 0) is 42.7 Å². The Labute approximate surface area is 127 Å². The second kappa shape index (κ2) is 8.60. The summed E-state index contributed by atoms with van der Waals surface area (Å²) in [5, 5.41) is 19.7. The first-order chi connectivity index (χ1) is 10.3. The number of aliphatic hydroxyl groups is 2. The van der Waals surface area contributed by atoms with Crippen LogP contribution in [0.5, 0.6) is 0 Å². The molecule has 0 unspecified atom stereocenters.